The van der Waals surface area contributed by atoms with Gasteiger partial charge in [0.2, 0.25) is 15.6 Å². The van der Waals surface area contributed by atoms with Crippen molar-refractivity contribution in [1.29, 1.82) is 0 Å². The second-order valence-electron chi connectivity index (χ2n) is 9.48. The second kappa shape index (κ2) is 11.4. The number of rotatable bonds is 8. The topological polar surface area (TPSA) is 144 Å². The van der Waals surface area contributed by atoms with E-state index in [0.29, 0.717) is 13.8 Å². The molecule has 3 aromatic rings. The molecule has 1 aliphatic heterocycles. The highest BCUT2D eigenvalue weighted by Gasteiger charge is 2.51. The quantitative estimate of drug-likeness (QED) is 0.354. The standard InChI is InChI=1S/C25H24F4N4O7S2/c1-24(2,25(27,28)29)40-23(34)32-17-7-10-22-21(12-17)33(42(37,38)19-8-5-16(26)6-9-19)15-18(39-22)13-31-41(35,36)20-4-3-11-30-14-20/h3-12,14,18,31H,13,15H2,1-2H3,(H,32,34). The summed E-state index contributed by atoms with van der Waals surface area (Å²) < 4.78 is 119. The fourth-order valence-corrected chi connectivity index (χ4v) is 6.21. The Labute approximate surface area is 238 Å². The smallest absolute Gasteiger partial charge is 0.427 e. The largest absolute Gasteiger partial charge is 0.485 e. The Balaban J connectivity index is 1.64. The van der Waals surface area contributed by atoms with Crippen LogP contribution in [0.5, 0.6) is 5.75 Å². The molecular formula is C25H24F4N4O7S2. The molecule has 11 nitrogen and oxygen atoms in total. The van der Waals surface area contributed by atoms with Crippen LogP contribution < -0.4 is 19.1 Å². The zero-order valence-electron chi connectivity index (χ0n) is 21.9. The molecule has 0 fully saturated rings. The highest BCUT2D eigenvalue weighted by molar-refractivity contribution is 7.92. The maximum absolute atomic E-state index is 13.6. The first-order chi connectivity index (χ1) is 19.5. The molecule has 1 unspecified atom stereocenters. The lowest BCUT2D eigenvalue weighted by molar-refractivity contribution is -0.242. The van der Waals surface area contributed by atoms with Crippen LogP contribution in [0.3, 0.4) is 0 Å². The lowest BCUT2D eigenvalue weighted by atomic mass is 10.1. The van der Waals surface area contributed by atoms with Crippen molar-refractivity contribution in [2.24, 2.45) is 0 Å². The van der Waals surface area contributed by atoms with E-state index in [1.807, 2.05) is 0 Å². The molecule has 2 aromatic carbocycles. The van der Waals surface area contributed by atoms with Gasteiger partial charge in [0.15, 0.2) is 0 Å². The maximum atomic E-state index is 13.6. The summed E-state index contributed by atoms with van der Waals surface area (Å²) in [6.07, 6.45) is -4.86. The zero-order valence-corrected chi connectivity index (χ0v) is 23.6. The predicted octanol–water partition coefficient (Wildman–Crippen LogP) is 4.04. The van der Waals surface area contributed by atoms with Crippen molar-refractivity contribution in [3.05, 3.63) is 72.8 Å². The van der Waals surface area contributed by atoms with E-state index in [4.69, 9.17) is 4.74 Å². The van der Waals surface area contributed by atoms with Gasteiger partial charge in [-0.05, 0) is 68.4 Å². The SMILES string of the molecule is CC(C)(OC(=O)Nc1ccc2c(c1)N(S(=O)(=O)c1ccc(F)cc1)CC(CNS(=O)(=O)c1cccnc1)O2)C(F)(F)F. The van der Waals surface area contributed by atoms with Crippen LogP contribution >= 0.6 is 0 Å². The number of amides is 1. The number of nitrogens with zero attached hydrogens (tertiary/aromatic N) is 2. The van der Waals surface area contributed by atoms with Crippen molar-refractivity contribution < 1.29 is 48.7 Å². The van der Waals surface area contributed by atoms with Gasteiger partial charge < -0.3 is 9.47 Å². The van der Waals surface area contributed by atoms with Crippen LogP contribution in [0.4, 0.5) is 33.7 Å². The minimum Gasteiger partial charge on any atom is -0.485 e. The summed E-state index contributed by atoms with van der Waals surface area (Å²) >= 11 is 0. The number of ether oxygens (including phenoxy) is 2. The highest BCUT2D eigenvalue weighted by Crippen LogP contribution is 2.39. The van der Waals surface area contributed by atoms with Crippen LogP contribution in [0, 0.1) is 5.82 Å². The summed E-state index contributed by atoms with van der Waals surface area (Å²) in [6.45, 7) is 0.516. The number of benzene rings is 2. The molecule has 0 aliphatic carbocycles. The van der Waals surface area contributed by atoms with Gasteiger partial charge in [0.05, 0.1) is 17.1 Å². The third-order valence-corrected chi connectivity index (χ3v) is 9.22. The highest BCUT2D eigenvalue weighted by atomic mass is 32.2. The fraction of sp³-hybridized carbons (Fsp3) is 0.280. The van der Waals surface area contributed by atoms with Crippen LogP contribution in [0.1, 0.15) is 13.8 Å². The van der Waals surface area contributed by atoms with Gasteiger partial charge >= 0.3 is 12.3 Å². The summed E-state index contributed by atoms with van der Waals surface area (Å²) in [7, 11) is -8.45. The summed E-state index contributed by atoms with van der Waals surface area (Å²) in [5.74, 6) is -0.738. The van der Waals surface area contributed by atoms with Crippen molar-refractivity contribution in [2.75, 3.05) is 22.7 Å². The van der Waals surface area contributed by atoms with Crippen LogP contribution in [0.2, 0.25) is 0 Å². The summed E-state index contributed by atoms with van der Waals surface area (Å²) in [5, 5.41) is 2.13. The fourth-order valence-electron chi connectivity index (χ4n) is 3.68. The predicted molar refractivity (Wildman–Crippen MR) is 141 cm³/mol. The van der Waals surface area contributed by atoms with Crippen molar-refractivity contribution in [3.63, 3.8) is 0 Å². The molecule has 0 radical (unpaired) electrons. The van der Waals surface area contributed by atoms with Gasteiger partial charge in [0.25, 0.3) is 10.0 Å². The summed E-state index contributed by atoms with van der Waals surface area (Å²) in [5.41, 5.74) is -3.07. The molecule has 1 aromatic heterocycles. The number of hydrogen-bond donors (Lipinski definition) is 2. The third-order valence-electron chi connectivity index (χ3n) is 6.02. The Morgan fingerprint density at radius 3 is 2.38 bits per heavy atom. The van der Waals surface area contributed by atoms with Crippen molar-refractivity contribution in [2.45, 2.75) is 41.5 Å². The van der Waals surface area contributed by atoms with E-state index in [1.165, 1.54) is 30.5 Å². The number of nitrogens with one attached hydrogen (secondary N) is 2. The number of carbonyl (C=O) groups excluding carboxylic acids is 1. The number of carbonyl (C=O) groups is 1. The van der Waals surface area contributed by atoms with Gasteiger partial charge in [-0.2, -0.15) is 13.2 Å². The monoisotopic (exact) mass is 632 g/mol. The van der Waals surface area contributed by atoms with E-state index in [2.05, 4.69) is 19.8 Å². The Kier molecular flexibility index (Phi) is 8.39. The number of alkyl halides is 3. The zero-order chi connectivity index (χ0) is 30.9. The van der Waals surface area contributed by atoms with Gasteiger partial charge in [0, 0.05) is 24.6 Å². The van der Waals surface area contributed by atoms with E-state index >= 15 is 0 Å². The lowest BCUT2D eigenvalue weighted by Crippen LogP contribution is -2.48. The molecule has 0 bridgehead atoms. The Morgan fingerprint density at radius 1 is 1.07 bits per heavy atom. The molecule has 1 atom stereocenters. The van der Waals surface area contributed by atoms with E-state index in [1.54, 1.807) is 0 Å². The first-order valence-corrected chi connectivity index (χ1v) is 15.0. The van der Waals surface area contributed by atoms with Crippen molar-refractivity contribution >= 4 is 37.5 Å². The summed E-state index contributed by atoms with van der Waals surface area (Å²) in [6, 6.07) is 10.3. The molecule has 2 heterocycles. The number of halogens is 4. The molecule has 226 valence electrons. The second-order valence-corrected chi connectivity index (χ2v) is 13.1. The van der Waals surface area contributed by atoms with Gasteiger partial charge in [-0.3, -0.25) is 14.6 Å². The number of anilines is 2. The first-order valence-electron chi connectivity index (χ1n) is 12.0. The van der Waals surface area contributed by atoms with Gasteiger partial charge in [-0.1, -0.05) is 0 Å². The molecule has 17 heteroatoms. The average Bonchev–Trinajstić information content (AvgIpc) is 2.91. The number of hydrogen-bond acceptors (Lipinski definition) is 8. The number of pyridine rings is 1. The Morgan fingerprint density at radius 2 is 1.76 bits per heavy atom. The molecule has 2 N–H and O–H groups in total. The van der Waals surface area contributed by atoms with Gasteiger partial charge in [0.1, 0.15) is 22.6 Å². The number of sulfonamides is 2. The van der Waals surface area contributed by atoms with Crippen molar-refractivity contribution in [1.82, 2.24) is 9.71 Å². The minimum atomic E-state index is -4.86. The van der Waals surface area contributed by atoms with Crippen LogP contribution in [-0.4, -0.2) is 58.9 Å². The molecule has 42 heavy (non-hydrogen) atoms. The molecule has 0 saturated heterocycles. The average molecular weight is 633 g/mol. The first kappa shape index (κ1) is 31.0. The van der Waals surface area contributed by atoms with E-state index < -0.39 is 56.4 Å². The van der Waals surface area contributed by atoms with E-state index in [-0.39, 0.29) is 33.5 Å². The third kappa shape index (κ3) is 6.74. The normalized spacial score (nSPS) is 15.9. The molecule has 0 saturated carbocycles. The van der Waals surface area contributed by atoms with Crippen LogP contribution in [0.25, 0.3) is 0 Å². The van der Waals surface area contributed by atoms with Crippen molar-refractivity contribution in [3.8, 4) is 5.75 Å². The Bertz CT molecular complexity index is 1670. The number of aromatic nitrogens is 1. The molecule has 1 amide bonds. The lowest BCUT2D eigenvalue weighted by Gasteiger charge is -2.36. The van der Waals surface area contributed by atoms with Gasteiger partial charge in [-0.15, -0.1) is 0 Å². The minimum absolute atomic E-state index is 0.0490. The van der Waals surface area contributed by atoms with Crippen LogP contribution in [-0.2, 0) is 24.8 Å². The molecule has 4 rings (SSSR count). The van der Waals surface area contributed by atoms with Gasteiger partial charge in [-0.25, -0.2) is 30.7 Å². The maximum Gasteiger partial charge on any atom is 0.427 e. The molecule has 0 spiro atoms. The molecular weight excluding hydrogens is 608 g/mol. The number of fused-ring (bicyclic) bond motifs is 1. The van der Waals surface area contributed by atoms with Crippen LogP contribution in [0.15, 0.2) is 76.8 Å². The Hall–Kier alpha value is -3.96. The molecule has 1 aliphatic rings. The summed E-state index contributed by atoms with van der Waals surface area (Å²) in [4.78, 5) is 15.5. The van der Waals surface area contributed by atoms with E-state index in [9.17, 15) is 39.2 Å². The van der Waals surface area contributed by atoms with E-state index in [0.717, 1.165) is 40.8 Å².